The summed E-state index contributed by atoms with van der Waals surface area (Å²) in [6.07, 6.45) is 4.55. The monoisotopic (exact) mass is 218 g/mol. The van der Waals surface area contributed by atoms with E-state index >= 15 is 0 Å². The maximum atomic E-state index is 11.5. The molecule has 1 aromatic rings. The first-order valence-corrected chi connectivity index (χ1v) is 6.00. The molecule has 0 spiro atoms. The van der Waals surface area contributed by atoms with Crippen LogP contribution in [-0.4, -0.2) is 28.9 Å². The number of hydrogen-bond donors (Lipinski definition) is 0. The van der Waals surface area contributed by atoms with Crippen LogP contribution in [0.15, 0.2) is 24.4 Å². The Morgan fingerprint density at radius 2 is 2.19 bits per heavy atom. The molecule has 0 bridgehead atoms. The number of piperidine rings is 1. The van der Waals surface area contributed by atoms with Gasteiger partial charge < -0.3 is 4.90 Å². The summed E-state index contributed by atoms with van der Waals surface area (Å²) in [7, 11) is 0. The van der Waals surface area contributed by atoms with Crippen molar-refractivity contribution in [3.05, 3.63) is 30.1 Å². The lowest BCUT2D eigenvalue weighted by Gasteiger charge is -2.31. The van der Waals surface area contributed by atoms with Crippen LogP contribution in [0.3, 0.4) is 0 Å². The van der Waals surface area contributed by atoms with Gasteiger partial charge in [0.05, 0.1) is 0 Å². The van der Waals surface area contributed by atoms with Crippen LogP contribution in [0.2, 0.25) is 0 Å². The summed E-state index contributed by atoms with van der Waals surface area (Å²) in [5, 5.41) is 0. The third kappa shape index (κ3) is 2.40. The summed E-state index contributed by atoms with van der Waals surface area (Å²) < 4.78 is 0. The lowest BCUT2D eigenvalue weighted by atomic mass is 9.93. The van der Waals surface area contributed by atoms with Crippen LogP contribution >= 0.6 is 0 Å². The average Bonchev–Trinajstić information content (AvgIpc) is 2.39. The van der Waals surface area contributed by atoms with E-state index in [1.54, 1.807) is 0 Å². The van der Waals surface area contributed by atoms with Crippen molar-refractivity contribution in [3.8, 4) is 0 Å². The standard InChI is InChI=1S/C13H18N2O/c1-2-13(16)15-9-6-11(7-10-15)12-5-3-4-8-14-12/h3-5,8,11H,2,6-7,9-10H2,1H3. The Morgan fingerprint density at radius 1 is 1.44 bits per heavy atom. The number of likely N-dealkylation sites (tertiary alicyclic amines) is 1. The zero-order valence-corrected chi connectivity index (χ0v) is 9.72. The Hall–Kier alpha value is -1.38. The summed E-state index contributed by atoms with van der Waals surface area (Å²) in [5.41, 5.74) is 1.17. The fourth-order valence-electron chi connectivity index (χ4n) is 2.27. The zero-order valence-electron chi connectivity index (χ0n) is 9.72. The normalized spacial score (nSPS) is 17.4. The van der Waals surface area contributed by atoms with E-state index in [0.29, 0.717) is 12.3 Å². The van der Waals surface area contributed by atoms with Crippen LogP contribution in [0.25, 0.3) is 0 Å². The van der Waals surface area contributed by atoms with Gasteiger partial charge in [-0.15, -0.1) is 0 Å². The second-order valence-electron chi connectivity index (χ2n) is 4.26. The molecule has 1 aromatic heterocycles. The van der Waals surface area contributed by atoms with Gasteiger partial charge in [0.25, 0.3) is 0 Å². The van der Waals surface area contributed by atoms with Crippen LogP contribution in [0.4, 0.5) is 0 Å². The molecule has 1 aliphatic rings. The van der Waals surface area contributed by atoms with Crippen LogP contribution in [-0.2, 0) is 4.79 Å². The zero-order chi connectivity index (χ0) is 11.4. The molecule has 1 amide bonds. The fraction of sp³-hybridized carbons (Fsp3) is 0.538. The Kier molecular flexibility index (Phi) is 3.54. The molecule has 2 rings (SSSR count). The molecule has 1 fully saturated rings. The van der Waals surface area contributed by atoms with E-state index < -0.39 is 0 Å². The summed E-state index contributed by atoms with van der Waals surface area (Å²) in [6.45, 7) is 3.69. The van der Waals surface area contributed by atoms with Crippen LogP contribution in [0.5, 0.6) is 0 Å². The minimum Gasteiger partial charge on any atom is -0.343 e. The lowest BCUT2D eigenvalue weighted by molar-refractivity contribution is -0.131. The number of amides is 1. The van der Waals surface area contributed by atoms with Crippen molar-refractivity contribution in [2.45, 2.75) is 32.1 Å². The third-order valence-corrected chi connectivity index (χ3v) is 3.26. The van der Waals surface area contributed by atoms with Gasteiger partial charge in [0.2, 0.25) is 5.91 Å². The maximum Gasteiger partial charge on any atom is 0.222 e. The molecule has 2 heterocycles. The average molecular weight is 218 g/mol. The van der Waals surface area contributed by atoms with Gasteiger partial charge in [0.15, 0.2) is 0 Å². The highest BCUT2D eigenvalue weighted by molar-refractivity contribution is 5.75. The van der Waals surface area contributed by atoms with Crippen molar-refractivity contribution < 1.29 is 4.79 Å². The molecule has 0 atom stereocenters. The molecule has 3 nitrogen and oxygen atoms in total. The van der Waals surface area contributed by atoms with Crippen molar-refractivity contribution in [3.63, 3.8) is 0 Å². The van der Waals surface area contributed by atoms with Gasteiger partial charge in [-0.1, -0.05) is 13.0 Å². The van der Waals surface area contributed by atoms with Gasteiger partial charge in [-0.25, -0.2) is 0 Å². The van der Waals surface area contributed by atoms with Crippen LogP contribution in [0.1, 0.15) is 37.8 Å². The van der Waals surface area contributed by atoms with E-state index in [2.05, 4.69) is 11.1 Å². The molecular weight excluding hydrogens is 200 g/mol. The molecule has 0 unspecified atom stereocenters. The summed E-state index contributed by atoms with van der Waals surface area (Å²) in [6, 6.07) is 6.06. The molecule has 0 aromatic carbocycles. The van der Waals surface area contributed by atoms with Gasteiger partial charge >= 0.3 is 0 Å². The van der Waals surface area contributed by atoms with E-state index in [9.17, 15) is 4.79 Å². The number of hydrogen-bond acceptors (Lipinski definition) is 2. The molecule has 0 radical (unpaired) electrons. The first-order valence-electron chi connectivity index (χ1n) is 6.00. The van der Waals surface area contributed by atoms with Gasteiger partial charge in [0.1, 0.15) is 0 Å². The summed E-state index contributed by atoms with van der Waals surface area (Å²) in [4.78, 5) is 17.9. The number of aromatic nitrogens is 1. The summed E-state index contributed by atoms with van der Waals surface area (Å²) in [5.74, 6) is 0.807. The van der Waals surface area contributed by atoms with Gasteiger partial charge in [-0.05, 0) is 25.0 Å². The Morgan fingerprint density at radius 3 is 2.75 bits per heavy atom. The van der Waals surface area contributed by atoms with Gasteiger partial charge in [0, 0.05) is 37.3 Å². The second-order valence-corrected chi connectivity index (χ2v) is 4.26. The second kappa shape index (κ2) is 5.10. The van der Waals surface area contributed by atoms with E-state index in [1.165, 1.54) is 5.69 Å². The molecule has 0 N–H and O–H groups in total. The predicted molar refractivity (Wildman–Crippen MR) is 63.1 cm³/mol. The Balaban J connectivity index is 1.93. The molecule has 86 valence electrons. The van der Waals surface area contributed by atoms with Crippen molar-refractivity contribution in [1.29, 1.82) is 0 Å². The van der Waals surface area contributed by atoms with E-state index in [-0.39, 0.29) is 5.91 Å². The minimum atomic E-state index is 0.277. The minimum absolute atomic E-state index is 0.277. The summed E-state index contributed by atoms with van der Waals surface area (Å²) >= 11 is 0. The Bertz CT molecular complexity index is 342. The number of carbonyl (C=O) groups excluding carboxylic acids is 1. The number of rotatable bonds is 2. The van der Waals surface area contributed by atoms with Gasteiger partial charge in [-0.2, -0.15) is 0 Å². The van der Waals surface area contributed by atoms with Crippen molar-refractivity contribution in [2.24, 2.45) is 0 Å². The third-order valence-electron chi connectivity index (χ3n) is 3.26. The highest BCUT2D eigenvalue weighted by atomic mass is 16.2. The van der Waals surface area contributed by atoms with E-state index in [1.807, 2.05) is 30.2 Å². The SMILES string of the molecule is CCC(=O)N1CCC(c2ccccn2)CC1. The van der Waals surface area contributed by atoms with Crippen LogP contribution in [0, 0.1) is 0 Å². The molecule has 1 aliphatic heterocycles. The molecular formula is C13H18N2O. The number of pyridine rings is 1. The first-order chi connectivity index (χ1) is 7.81. The largest absolute Gasteiger partial charge is 0.343 e. The van der Waals surface area contributed by atoms with Crippen molar-refractivity contribution >= 4 is 5.91 Å². The highest BCUT2D eigenvalue weighted by Crippen LogP contribution is 2.26. The van der Waals surface area contributed by atoms with Gasteiger partial charge in [-0.3, -0.25) is 9.78 Å². The fourth-order valence-corrected chi connectivity index (χ4v) is 2.27. The van der Waals surface area contributed by atoms with E-state index in [0.717, 1.165) is 25.9 Å². The molecule has 3 heteroatoms. The lowest BCUT2D eigenvalue weighted by Crippen LogP contribution is -2.37. The highest BCUT2D eigenvalue weighted by Gasteiger charge is 2.23. The quantitative estimate of drug-likeness (QED) is 0.762. The topological polar surface area (TPSA) is 33.2 Å². The van der Waals surface area contributed by atoms with Crippen LogP contribution < -0.4 is 0 Å². The molecule has 0 saturated carbocycles. The number of nitrogens with zero attached hydrogens (tertiary/aromatic N) is 2. The maximum absolute atomic E-state index is 11.5. The first kappa shape index (κ1) is 11.1. The van der Waals surface area contributed by atoms with Crippen molar-refractivity contribution in [1.82, 2.24) is 9.88 Å². The Labute approximate surface area is 96.5 Å². The predicted octanol–water partition coefficient (Wildman–Crippen LogP) is 2.20. The molecule has 0 aliphatic carbocycles. The van der Waals surface area contributed by atoms with E-state index in [4.69, 9.17) is 0 Å². The van der Waals surface area contributed by atoms with Crippen molar-refractivity contribution in [2.75, 3.05) is 13.1 Å². The molecule has 1 saturated heterocycles. The number of carbonyl (C=O) groups is 1. The smallest absolute Gasteiger partial charge is 0.222 e. The molecule has 16 heavy (non-hydrogen) atoms.